The lowest BCUT2D eigenvalue weighted by Crippen LogP contribution is -2.27. The van der Waals surface area contributed by atoms with E-state index in [1.165, 1.54) is 28.9 Å². The lowest BCUT2D eigenvalue weighted by Gasteiger charge is -2.15. The van der Waals surface area contributed by atoms with E-state index in [2.05, 4.69) is 10.4 Å². The van der Waals surface area contributed by atoms with Crippen molar-refractivity contribution in [1.82, 2.24) is 9.78 Å². The molecule has 0 saturated heterocycles. The van der Waals surface area contributed by atoms with Gasteiger partial charge >= 0.3 is 6.18 Å². The molecule has 1 heterocycles. The van der Waals surface area contributed by atoms with Crippen LogP contribution in [0.25, 0.3) is 5.69 Å². The molecule has 6 nitrogen and oxygen atoms in total. The Hall–Kier alpha value is -3.04. The van der Waals surface area contributed by atoms with Crippen LogP contribution in [0, 0.1) is 6.92 Å². The number of rotatable bonds is 5. The molecule has 0 fully saturated rings. The zero-order valence-corrected chi connectivity index (χ0v) is 17.3. The number of hydrogen-bond donors (Lipinski definition) is 1. The van der Waals surface area contributed by atoms with E-state index in [0.29, 0.717) is 16.4 Å². The van der Waals surface area contributed by atoms with Crippen molar-refractivity contribution >= 4 is 34.8 Å². The third kappa shape index (κ3) is 5.77. The van der Waals surface area contributed by atoms with Gasteiger partial charge in [0.2, 0.25) is 5.43 Å². The summed E-state index contributed by atoms with van der Waals surface area (Å²) in [5.74, 6) is -1.20. The topological polar surface area (TPSA) is 73.2 Å². The van der Waals surface area contributed by atoms with Crippen molar-refractivity contribution in [3.05, 3.63) is 80.2 Å². The first-order valence-corrected chi connectivity index (χ1v) is 9.46. The van der Waals surface area contributed by atoms with Gasteiger partial charge in [0.1, 0.15) is 5.75 Å². The Morgan fingerprint density at radius 1 is 1.10 bits per heavy atom. The molecule has 1 amide bonds. The Kier molecular flexibility index (Phi) is 6.56. The Morgan fingerprint density at radius 2 is 1.74 bits per heavy atom. The monoisotopic (exact) mass is 471 g/mol. The van der Waals surface area contributed by atoms with Gasteiger partial charge in [-0.3, -0.25) is 9.59 Å². The van der Waals surface area contributed by atoms with Gasteiger partial charge in [0.25, 0.3) is 5.91 Å². The molecule has 0 unspecified atom stereocenters. The number of hydrogen-bond acceptors (Lipinski definition) is 4. The maximum Gasteiger partial charge on any atom is 0.422 e. The van der Waals surface area contributed by atoms with Gasteiger partial charge in [0.05, 0.1) is 11.4 Å². The number of halogens is 5. The van der Waals surface area contributed by atoms with Crippen LogP contribution >= 0.6 is 23.2 Å². The van der Waals surface area contributed by atoms with Gasteiger partial charge in [0.15, 0.2) is 12.3 Å². The summed E-state index contributed by atoms with van der Waals surface area (Å²) in [6.45, 7) is 0.0639. The van der Waals surface area contributed by atoms with Crippen LogP contribution in [0.4, 0.5) is 18.9 Å². The number of ether oxygens (including phenoxy) is 1. The number of nitrogens with zero attached hydrogens (tertiary/aromatic N) is 2. The van der Waals surface area contributed by atoms with Crippen LogP contribution < -0.4 is 15.5 Å². The van der Waals surface area contributed by atoms with Crippen LogP contribution in [0.5, 0.6) is 5.75 Å². The standard InChI is InChI=1S/C20H14Cl2F3N3O3/c1-11-8-16(29)18(27-28(11)14-5-2-12(21)3-6-14)19(30)26-15-9-13(22)4-7-17(15)31-10-20(23,24)25/h2-9H,10H2,1H3,(H,26,30). The molecule has 0 atom stereocenters. The number of amides is 1. The number of anilines is 1. The molecule has 0 radical (unpaired) electrons. The molecular formula is C20H14Cl2F3N3O3. The van der Waals surface area contributed by atoms with Crippen LogP contribution in [0.3, 0.4) is 0 Å². The van der Waals surface area contributed by atoms with Crippen molar-refractivity contribution in [2.45, 2.75) is 13.1 Å². The largest absolute Gasteiger partial charge is 0.482 e. The minimum atomic E-state index is -4.58. The van der Waals surface area contributed by atoms with E-state index in [1.807, 2.05) is 0 Å². The Morgan fingerprint density at radius 3 is 2.39 bits per heavy atom. The highest BCUT2D eigenvalue weighted by atomic mass is 35.5. The van der Waals surface area contributed by atoms with Gasteiger partial charge in [-0.25, -0.2) is 4.68 Å². The van der Waals surface area contributed by atoms with E-state index in [4.69, 9.17) is 27.9 Å². The summed E-state index contributed by atoms with van der Waals surface area (Å²) >= 11 is 11.8. The van der Waals surface area contributed by atoms with E-state index in [9.17, 15) is 22.8 Å². The maximum absolute atomic E-state index is 12.7. The lowest BCUT2D eigenvalue weighted by atomic mass is 10.2. The fourth-order valence-electron chi connectivity index (χ4n) is 2.62. The second kappa shape index (κ2) is 8.99. The van der Waals surface area contributed by atoms with Crippen LogP contribution in [0.15, 0.2) is 53.3 Å². The number of nitrogens with one attached hydrogen (secondary N) is 1. The third-order valence-corrected chi connectivity index (χ3v) is 4.46. The van der Waals surface area contributed by atoms with Crippen molar-refractivity contribution in [3.63, 3.8) is 0 Å². The molecule has 2 aromatic carbocycles. The predicted molar refractivity (Wildman–Crippen MR) is 111 cm³/mol. The molecule has 0 bridgehead atoms. The van der Waals surface area contributed by atoms with E-state index in [1.54, 1.807) is 31.2 Å². The summed E-state index contributed by atoms with van der Waals surface area (Å²) in [4.78, 5) is 25.1. The molecule has 0 saturated carbocycles. The Labute approximate surface area is 184 Å². The minimum Gasteiger partial charge on any atom is -0.482 e. The molecule has 0 aliphatic carbocycles. The van der Waals surface area contributed by atoms with Crippen LogP contribution in [0.2, 0.25) is 10.0 Å². The second-order valence-corrected chi connectivity index (χ2v) is 7.26. The van der Waals surface area contributed by atoms with Crippen LogP contribution in [-0.4, -0.2) is 28.5 Å². The van der Waals surface area contributed by atoms with Crippen molar-refractivity contribution < 1.29 is 22.7 Å². The smallest absolute Gasteiger partial charge is 0.422 e. The quantitative estimate of drug-likeness (QED) is 0.565. The van der Waals surface area contributed by atoms with Gasteiger partial charge in [0, 0.05) is 21.8 Å². The molecule has 11 heteroatoms. The predicted octanol–water partition coefficient (Wildman–Crippen LogP) is 5.04. The number of carbonyl (C=O) groups is 1. The summed E-state index contributed by atoms with van der Waals surface area (Å²) in [5, 5.41) is 7.08. The van der Waals surface area contributed by atoms with Gasteiger partial charge in [-0.15, -0.1) is 0 Å². The highest BCUT2D eigenvalue weighted by Crippen LogP contribution is 2.30. The molecule has 1 N–H and O–H groups in total. The normalized spacial score (nSPS) is 11.3. The average Bonchev–Trinajstić information content (AvgIpc) is 2.67. The van der Waals surface area contributed by atoms with E-state index < -0.39 is 29.8 Å². The summed E-state index contributed by atoms with van der Waals surface area (Å²) in [6, 6.07) is 11.4. The van der Waals surface area contributed by atoms with Crippen molar-refractivity contribution in [1.29, 1.82) is 0 Å². The zero-order chi connectivity index (χ0) is 22.8. The van der Waals surface area contributed by atoms with Crippen LogP contribution in [0.1, 0.15) is 16.2 Å². The number of benzene rings is 2. The van der Waals surface area contributed by atoms with E-state index in [-0.39, 0.29) is 16.5 Å². The van der Waals surface area contributed by atoms with E-state index >= 15 is 0 Å². The number of alkyl halides is 3. The SMILES string of the molecule is Cc1cc(=O)c(C(=O)Nc2cc(Cl)ccc2OCC(F)(F)F)nn1-c1ccc(Cl)cc1. The first kappa shape index (κ1) is 22.6. The van der Waals surface area contributed by atoms with Crippen molar-refractivity contribution in [2.75, 3.05) is 11.9 Å². The molecule has 162 valence electrons. The zero-order valence-electron chi connectivity index (χ0n) is 15.8. The second-order valence-electron chi connectivity index (χ2n) is 6.39. The molecule has 31 heavy (non-hydrogen) atoms. The molecule has 1 aromatic heterocycles. The molecule has 0 aliphatic rings. The summed E-state index contributed by atoms with van der Waals surface area (Å²) in [5.41, 5.74) is -0.266. The molecule has 3 rings (SSSR count). The van der Waals surface area contributed by atoms with Gasteiger partial charge in [-0.1, -0.05) is 23.2 Å². The third-order valence-electron chi connectivity index (χ3n) is 3.97. The van der Waals surface area contributed by atoms with Crippen LogP contribution in [-0.2, 0) is 0 Å². The van der Waals surface area contributed by atoms with Crippen molar-refractivity contribution in [2.24, 2.45) is 0 Å². The van der Waals surface area contributed by atoms with Gasteiger partial charge < -0.3 is 10.1 Å². The Balaban J connectivity index is 1.94. The summed E-state index contributed by atoms with van der Waals surface area (Å²) in [7, 11) is 0. The number of aromatic nitrogens is 2. The molecular weight excluding hydrogens is 458 g/mol. The fraction of sp³-hybridized carbons (Fsp3) is 0.150. The summed E-state index contributed by atoms with van der Waals surface area (Å²) in [6.07, 6.45) is -4.58. The number of carbonyl (C=O) groups excluding carboxylic acids is 1. The highest BCUT2D eigenvalue weighted by molar-refractivity contribution is 6.31. The van der Waals surface area contributed by atoms with Crippen molar-refractivity contribution in [3.8, 4) is 11.4 Å². The first-order valence-electron chi connectivity index (χ1n) is 8.71. The molecule has 0 aliphatic heterocycles. The molecule has 3 aromatic rings. The minimum absolute atomic E-state index is 0.137. The highest BCUT2D eigenvalue weighted by Gasteiger charge is 2.29. The fourth-order valence-corrected chi connectivity index (χ4v) is 2.91. The molecule has 0 spiro atoms. The summed E-state index contributed by atoms with van der Waals surface area (Å²) < 4.78 is 43.6. The average molecular weight is 472 g/mol. The van der Waals surface area contributed by atoms with Gasteiger partial charge in [-0.05, 0) is 49.4 Å². The Bertz CT molecular complexity index is 1180. The lowest BCUT2D eigenvalue weighted by molar-refractivity contribution is -0.153. The number of aryl methyl sites for hydroxylation is 1. The maximum atomic E-state index is 12.7. The van der Waals surface area contributed by atoms with Gasteiger partial charge in [-0.2, -0.15) is 18.3 Å². The van der Waals surface area contributed by atoms with E-state index in [0.717, 1.165) is 0 Å². The first-order chi connectivity index (χ1) is 14.5.